The summed E-state index contributed by atoms with van der Waals surface area (Å²) in [5, 5.41) is 6.00. The summed E-state index contributed by atoms with van der Waals surface area (Å²) in [5.41, 5.74) is 4.37. The molecule has 0 bridgehead atoms. The van der Waals surface area contributed by atoms with Crippen molar-refractivity contribution in [1.82, 2.24) is 10.6 Å². The maximum absolute atomic E-state index is 12.2. The van der Waals surface area contributed by atoms with E-state index < -0.39 is 11.4 Å². The van der Waals surface area contributed by atoms with Gasteiger partial charge in [-0.3, -0.25) is 14.9 Å². The zero-order valence-corrected chi connectivity index (χ0v) is 10.9. The van der Waals surface area contributed by atoms with Gasteiger partial charge in [-0.15, -0.1) is 0 Å². The van der Waals surface area contributed by atoms with Crippen LogP contribution in [0.2, 0.25) is 0 Å². The van der Waals surface area contributed by atoms with Crippen molar-refractivity contribution in [2.75, 3.05) is 6.54 Å². The minimum Gasteiger partial charge on any atom is -0.368 e. The topological polar surface area (TPSA) is 84.2 Å². The Hall–Kier alpha value is -1.10. The summed E-state index contributed by atoms with van der Waals surface area (Å²) in [6, 6.07) is 0. The monoisotopic (exact) mass is 241 g/mol. The standard InChI is InChI=1S/C12H23N3O2/c1-11(2,3)15-12(6-4-5-7-12)10(17)14-8-9(13)16/h15H,4-8H2,1-3H3,(H2,13,16)(H,14,17). The molecule has 5 heteroatoms. The van der Waals surface area contributed by atoms with Gasteiger partial charge in [0.15, 0.2) is 0 Å². The van der Waals surface area contributed by atoms with E-state index in [1.54, 1.807) is 0 Å². The van der Waals surface area contributed by atoms with Gasteiger partial charge < -0.3 is 11.1 Å². The van der Waals surface area contributed by atoms with Gasteiger partial charge in [0.2, 0.25) is 11.8 Å². The fourth-order valence-electron chi connectivity index (χ4n) is 2.44. The van der Waals surface area contributed by atoms with Crippen LogP contribution in [0.4, 0.5) is 0 Å². The first-order valence-corrected chi connectivity index (χ1v) is 6.11. The molecule has 0 atom stereocenters. The molecule has 17 heavy (non-hydrogen) atoms. The second-order valence-corrected chi connectivity index (χ2v) is 5.81. The molecule has 0 aliphatic heterocycles. The highest BCUT2D eigenvalue weighted by atomic mass is 16.2. The first-order valence-electron chi connectivity index (χ1n) is 6.11. The molecular weight excluding hydrogens is 218 g/mol. The molecule has 1 fully saturated rings. The van der Waals surface area contributed by atoms with Crippen molar-refractivity contribution in [2.24, 2.45) is 5.73 Å². The number of nitrogens with two attached hydrogens (primary N) is 1. The average Bonchev–Trinajstić information content (AvgIpc) is 2.61. The van der Waals surface area contributed by atoms with Crippen LogP contribution < -0.4 is 16.4 Å². The summed E-state index contributed by atoms with van der Waals surface area (Å²) in [7, 11) is 0. The van der Waals surface area contributed by atoms with E-state index in [2.05, 4.69) is 10.6 Å². The van der Waals surface area contributed by atoms with E-state index in [-0.39, 0.29) is 18.0 Å². The first-order chi connectivity index (χ1) is 7.75. The fraction of sp³-hybridized carbons (Fsp3) is 0.833. The quantitative estimate of drug-likeness (QED) is 0.661. The second-order valence-electron chi connectivity index (χ2n) is 5.81. The largest absolute Gasteiger partial charge is 0.368 e. The number of hydrogen-bond acceptors (Lipinski definition) is 3. The Bertz CT molecular complexity index is 301. The fourth-order valence-corrected chi connectivity index (χ4v) is 2.44. The van der Waals surface area contributed by atoms with Gasteiger partial charge in [0.25, 0.3) is 0 Å². The Labute approximate surface area is 103 Å². The number of rotatable bonds is 4. The highest BCUT2D eigenvalue weighted by Gasteiger charge is 2.43. The number of carbonyl (C=O) groups excluding carboxylic acids is 2. The maximum atomic E-state index is 12.2. The lowest BCUT2D eigenvalue weighted by molar-refractivity contribution is -0.130. The molecule has 0 heterocycles. The molecule has 0 saturated heterocycles. The molecule has 1 aliphatic carbocycles. The van der Waals surface area contributed by atoms with Gasteiger partial charge >= 0.3 is 0 Å². The Balaban J connectivity index is 2.70. The summed E-state index contributed by atoms with van der Waals surface area (Å²) in [4.78, 5) is 22.9. The van der Waals surface area contributed by atoms with Gasteiger partial charge in [-0.05, 0) is 33.6 Å². The van der Waals surface area contributed by atoms with Gasteiger partial charge in [-0.1, -0.05) is 12.8 Å². The van der Waals surface area contributed by atoms with E-state index in [1.807, 2.05) is 20.8 Å². The molecule has 0 aromatic heterocycles. The second kappa shape index (κ2) is 5.04. The van der Waals surface area contributed by atoms with Crippen LogP contribution in [-0.2, 0) is 9.59 Å². The molecule has 1 aliphatic rings. The van der Waals surface area contributed by atoms with Crippen molar-refractivity contribution in [3.63, 3.8) is 0 Å². The third-order valence-corrected chi connectivity index (χ3v) is 2.93. The molecule has 4 N–H and O–H groups in total. The van der Waals surface area contributed by atoms with Crippen molar-refractivity contribution in [1.29, 1.82) is 0 Å². The number of hydrogen-bond donors (Lipinski definition) is 3. The lowest BCUT2D eigenvalue weighted by Gasteiger charge is -2.36. The summed E-state index contributed by atoms with van der Waals surface area (Å²) in [6.45, 7) is 6.02. The third-order valence-electron chi connectivity index (χ3n) is 2.93. The Morgan fingerprint density at radius 3 is 2.18 bits per heavy atom. The van der Waals surface area contributed by atoms with Gasteiger partial charge in [-0.2, -0.15) is 0 Å². The lowest BCUT2D eigenvalue weighted by atomic mass is 9.92. The number of carbonyl (C=O) groups is 2. The number of amides is 2. The summed E-state index contributed by atoms with van der Waals surface area (Å²) < 4.78 is 0. The van der Waals surface area contributed by atoms with Crippen molar-refractivity contribution in [3.8, 4) is 0 Å². The van der Waals surface area contributed by atoms with Gasteiger partial charge in [0.1, 0.15) is 0 Å². The number of nitrogens with one attached hydrogen (secondary N) is 2. The molecule has 2 amide bonds. The van der Waals surface area contributed by atoms with E-state index in [1.165, 1.54) is 0 Å². The van der Waals surface area contributed by atoms with Crippen molar-refractivity contribution < 1.29 is 9.59 Å². The van der Waals surface area contributed by atoms with Crippen LogP contribution >= 0.6 is 0 Å². The Morgan fingerprint density at radius 1 is 1.24 bits per heavy atom. The van der Waals surface area contributed by atoms with E-state index in [0.717, 1.165) is 25.7 Å². The highest BCUT2D eigenvalue weighted by molar-refractivity contribution is 5.90. The molecule has 0 radical (unpaired) electrons. The molecule has 1 rings (SSSR count). The summed E-state index contributed by atoms with van der Waals surface area (Å²) in [5.74, 6) is -0.619. The van der Waals surface area contributed by atoms with E-state index in [9.17, 15) is 9.59 Å². The minimum absolute atomic E-state index is 0.0909. The predicted octanol–water partition coefficient (Wildman–Crippen LogP) is 0.289. The maximum Gasteiger partial charge on any atom is 0.240 e. The smallest absolute Gasteiger partial charge is 0.240 e. The minimum atomic E-state index is -0.534. The van der Waals surface area contributed by atoms with Crippen LogP contribution in [-0.4, -0.2) is 29.4 Å². The molecule has 98 valence electrons. The Kier molecular flexibility index (Phi) is 4.14. The summed E-state index contributed by atoms with van der Waals surface area (Å²) in [6.07, 6.45) is 3.70. The third kappa shape index (κ3) is 4.00. The molecule has 0 spiro atoms. The SMILES string of the molecule is CC(C)(C)NC1(C(=O)NCC(N)=O)CCCC1. The first kappa shape index (κ1) is 14.0. The van der Waals surface area contributed by atoms with Crippen molar-refractivity contribution in [2.45, 2.75) is 57.5 Å². The van der Waals surface area contributed by atoms with Crippen LogP contribution in [0.5, 0.6) is 0 Å². The number of primary amides is 1. The van der Waals surface area contributed by atoms with Crippen LogP contribution in [0.15, 0.2) is 0 Å². The van der Waals surface area contributed by atoms with E-state index in [0.29, 0.717) is 0 Å². The van der Waals surface area contributed by atoms with Crippen molar-refractivity contribution >= 4 is 11.8 Å². The van der Waals surface area contributed by atoms with Crippen LogP contribution in [0.25, 0.3) is 0 Å². The molecule has 0 unspecified atom stereocenters. The molecular formula is C12H23N3O2. The van der Waals surface area contributed by atoms with Gasteiger partial charge in [-0.25, -0.2) is 0 Å². The molecule has 0 aromatic carbocycles. The predicted molar refractivity (Wildman–Crippen MR) is 66.3 cm³/mol. The Morgan fingerprint density at radius 2 is 1.76 bits per heavy atom. The van der Waals surface area contributed by atoms with Crippen LogP contribution in [0, 0.1) is 0 Å². The van der Waals surface area contributed by atoms with Crippen LogP contribution in [0.1, 0.15) is 46.5 Å². The molecule has 5 nitrogen and oxygen atoms in total. The normalized spacial score (nSPS) is 19.0. The van der Waals surface area contributed by atoms with E-state index >= 15 is 0 Å². The summed E-state index contributed by atoms with van der Waals surface area (Å²) >= 11 is 0. The van der Waals surface area contributed by atoms with Crippen molar-refractivity contribution in [3.05, 3.63) is 0 Å². The van der Waals surface area contributed by atoms with Crippen LogP contribution in [0.3, 0.4) is 0 Å². The van der Waals surface area contributed by atoms with Gasteiger partial charge in [0.05, 0.1) is 12.1 Å². The highest BCUT2D eigenvalue weighted by Crippen LogP contribution is 2.31. The van der Waals surface area contributed by atoms with E-state index in [4.69, 9.17) is 5.73 Å². The molecule has 0 aromatic rings. The zero-order chi connectivity index (χ0) is 13.1. The lowest BCUT2D eigenvalue weighted by Crippen LogP contribution is -2.61. The average molecular weight is 241 g/mol. The van der Waals surface area contributed by atoms with Gasteiger partial charge in [0, 0.05) is 5.54 Å². The zero-order valence-electron chi connectivity index (χ0n) is 10.9. The molecule has 1 saturated carbocycles.